The minimum atomic E-state index is -0.792. The van der Waals surface area contributed by atoms with Crippen molar-refractivity contribution in [2.75, 3.05) is 19.6 Å². The number of carbonyl (C=O) groups is 1. The number of likely N-dealkylation sites (tertiary alicyclic amines) is 2. The number of benzene rings is 2. The first-order valence-corrected chi connectivity index (χ1v) is 9.01. The van der Waals surface area contributed by atoms with Gasteiger partial charge in [-0.05, 0) is 29.4 Å². The van der Waals surface area contributed by atoms with E-state index in [1.165, 1.54) is 5.56 Å². The lowest BCUT2D eigenvalue weighted by Crippen LogP contribution is -2.55. The molecule has 0 radical (unpaired) electrons. The van der Waals surface area contributed by atoms with Crippen LogP contribution in [0.3, 0.4) is 0 Å². The maximum atomic E-state index is 11.9. The first kappa shape index (κ1) is 16.2. The monoisotopic (exact) mass is 336 g/mol. The molecule has 4 rings (SSSR count). The van der Waals surface area contributed by atoms with E-state index in [1.807, 2.05) is 24.3 Å². The second-order valence-corrected chi connectivity index (χ2v) is 7.33. The topological polar surface area (TPSA) is 43.8 Å². The van der Waals surface area contributed by atoms with Crippen molar-refractivity contribution in [2.45, 2.75) is 19.0 Å². The highest BCUT2D eigenvalue weighted by Crippen LogP contribution is 2.42. The van der Waals surface area contributed by atoms with E-state index in [1.54, 1.807) is 4.90 Å². The predicted molar refractivity (Wildman–Crippen MR) is 97.2 cm³/mol. The third-order valence-corrected chi connectivity index (χ3v) is 5.52. The number of amides is 1. The Labute approximate surface area is 148 Å². The van der Waals surface area contributed by atoms with Gasteiger partial charge >= 0.3 is 6.09 Å². The van der Waals surface area contributed by atoms with Gasteiger partial charge in [0.25, 0.3) is 0 Å². The van der Waals surface area contributed by atoms with Gasteiger partial charge in [0, 0.05) is 26.2 Å². The molecule has 4 nitrogen and oxygen atoms in total. The summed E-state index contributed by atoms with van der Waals surface area (Å²) in [5.74, 6) is 0.785. The Morgan fingerprint density at radius 2 is 1.64 bits per heavy atom. The van der Waals surface area contributed by atoms with Crippen molar-refractivity contribution in [3.05, 3.63) is 71.8 Å². The Kier molecular flexibility index (Phi) is 4.45. The number of hydrogen-bond donors (Lipinski definition) is 1. The molecule has 0 aliphatic carbocycles. The summed E-state index contributed by atoms with van der Waals surface area (Å²) in [4.78, 5) is 16.0. The van der Waals surface area contributed by atoms with Crippen LogP contribution in [0.1, 0.15) is 23.6 Å². The van der Waals surface area contributed by atoms with Crippen molar-refractivity contribution in [3.63, 3.8) is 0 Å². The molecule has 2 aliphatic rings. The van der Waals surface area contributed by atoms with E-state index in [9.17, 15) is 9.90 Å². The SMILES string of the molecule is O=C(O)N1CC2CC(CN(Cc3ccccc3)C2)C1c1ccccc1. The summed E-state index contributed by atoms with van der Waals surface area (Å²) in [6.45, 7) is 3.52. The molecule has 0 saturated carbocycles. The minimum absolute atomic E-state index is 0.0338. The summed E-state index contributed by atoms with van der Waals surface area (Å²) in [5.41, 5.74) is 2.45. The number of hydrogen-bond acceptors (Lipinski definition) is 2. The smallest absolute Gasteiger partial charge is 0.407 e. The average molecular weight is 336 g/mol. The Hall–Kier alpha value is -2.33. The summed E-state index contributed by atoms with van der Waals surface area (Å²) in [6.07, 6.45) is 0.328. The molecule has 2 aromatic carbocycles. The van der Waals surface area contributed by atoms with Crippen molar-refractivity contribution < 1.29 is 9.90 Å². The molecule has 3 atom stereocenters. The van der Waals surface area contributed by atoms with Gasteiger partial charge in [0.15, 0.2) is 0 Å². The molecule has 0 spiro atoms. The molecule has 2 saturated heterocycles. The van der Waals surface area contributed by atoms with E-state index < -0.39 is 6.09 Å². The number of rotatable bonds is 3. The van der Waals surface area contributed by atoms with E-state index >= 15 is 0 Å². The molecule has 4 heteroatoms. The molecule has 3 unspecified atom stereocenters. The Morgan fingerprint density at radius 3 is 2.32 bits per heavy atom. The molecule has 1 N–H and O–H groups in total. The van der Waals surface area contributed by atoms with E-state index in [0.717, 1.165) is 31.6 Å². The van der Waals surface area contributed by atoms with Crippen LogP contribution in [0.25, 0.3) is 0 Å². The van der Waals surface area contributed by atoms with Gasteiger partial charge in [0.2, 0.25) is 0 Å². The van der Waals surface area contributed by atoms with Crippen LogP contribution in [0.5, 0.6) is 0 Å². The van der Waals surface area contributed by atoms with Gasteiger partial charge < -0.3 is 10.0 Å². The van der Waals surface area contributed by atoms with Gasteiger partial charge in [0.05, 0.1) is 6.04 Å². The van der Waals surface area contributed by atoms with Crippen LogP contribution < -0.4 is 0 Å². The van der Waals surface area contributed by atoms with Gasteiger partial charge in [-0.1, -0.05) is 60.7 Å². The van der Waals surface area contributed by atoms with Gasteiger partial charge in [-0.25, -0.2) is 4.79 Å². The fourth-order valence-electron chi connectivity index (χ4n) is 4.63. The van der Waals surface area contributed by atoms with Gasteiger partial charge in [-0.15, -0.1) is 0 Å². The number of fused-ring (bicyclic) bond motifs is 2. The van der Waals surface area contributed by atoms with Crippen LogP contribution in [0, 0.1) is 11.8 Å². The zero-order valence-electron chi connectivity index (χ0n) is 14.3. The molecule has 2 aliphatic heterocycles. The van der Waals surface area contributed by atoms with Gasteiger partial charge in [0.1, 0.15) is 0 Å². The fourth-order valence-corrected chi connectivity index (χ4v) is 4.63. The van der Waals surface area contributed by atoms with E-state index in [2.05, 4.69) is 41.3 Å². The van der Waals surface area contributed by atoms with E-state index in [0.29, 0.717) is 18.4 Å². The Morgan fingerprint density at radius 1 is 0.960 bits per heavy atom. The molecule has 2 aromatic rings. The zero-order chi connectivity index (χ0) is 17.2. The molecule has 2 fully saturated rings. The first-order valence-electron chi connectivity index (χ1n) is 9.01. The highest BCUT2D eigenvalue weighted by atomic mass is 16.4. The van der Waals surface area contributed by atoms with Crippen LogP contribution in [0.2, 0.25) is 0 Å². The van der Waals surface area contributed by atoms with Gasteiger partial charge in [-0.2, -0.15) is 0 Å². The molecule has 25 heavy (non-hydrogen) atoms. The van der Waals surface area contributed by atoms with Crippen LogP contribution in [0.4, 0.5) is 4.79 Å². The molecular formula is C21H24N2O2. The number of piperidine rings is 2. The van der Waals surface area contributed by atoms with Gasteiger partial charge in [-0.3, -0.25) is 4.90 Å². The second-order valence-electron chi connectivity index (χ2n) is 7.33. The largest absolute Gasteiger partial charge is 0.465 e. The summed E-state index contributed by atoms with van der Waals surface area (Å²) in [7, 11) is 0. The van der Waals surface area contributed by atoms with Crippen LogP contribution >= 0.6 is 0 Å². The predicted octanol–water partition coefficient (Wildman–Crippen LogP) is 3.86. The third-order valence-electron chi connectivity index (χ3n) is 5.52. The molecular weight excluding hydrogens is 312 g/mol. The van der Waals surface area contributed by atoms with Crippen LogP contribution in [-0.2, 0) is 6.54 Å². The maximum Gasteiger partial charge on any atom is 0.407 e. The highest BCUT2D eigenvalue weighted by Gasteiger charge is 2.43. The quantitative estimate of drug-likeness (QED) is 0.925. The lowest BCUT2D eigenvalue weighted by atomic mass is 9.77. The lowest BCUT2D eigenvalue weighted by Gasteiger charge is -2.50. The Balaban J connectivity index is 1.57. The lowest BCUT2D eigenvalue weighted by molar-refractivity contribution is -0.00973. The molecule has 2 bridgehead atoms. The second kappa shape index (κ2) is 6.89. The minimum Gasteiger partial charge on any atom is -0.465 e. The fraction of sp³-hybridized carbons (Fsp3) is 0.381. The number of nitrogens with zero attached hydrogens (tertiary/aromatic N) is 2. The summed E-state index contributed by atoms with van der Waals surface area (Å²) in [6, 6.07) is 20.6. The molecule has 1 amide bonds. The highest BCUT2D eigenvalue weighted by molar-refractivity contribution is 5.66. The van der Waals surface area contributed by atoms with E-state index in [-0.39, 0.29) is 6.04 Å². The molecule has 2 heterocycles. The van der Waals surface area contributed by atoms with Crippen molar-refractivity contribution in [2.24, 2.45) is 11.8 Å². The van der Waals surface area contributed by atoms with Crippen LogP contribution in [-0.4, -0.2) is 40.6 Å². The molecule has 130 valence electrons. The summed E-state index contributed by atoms with van der Waals surface area (Å²) in [5, 5.41) is 9.74. The Bertz CT molecular complexity index is 717. The standard InChI is InChI=1S/C21H24N2O2/c24-21(25)23-14-17-11-19(20(23)18-9-5-2-6-10-18)15-22(13-17)12-16-7-3-1-4-8-16/h1-10,17,19-20H,11-15H2,(H,24,25). The first-order chi connectivity index (χ1) is 12.2. The van der Waals surface area contributed by atoms with Crippen LogP contribution in [0.15, 0.2) is 60.7 Å². The molecule has 0 aromatic heterocycles. The van der Waals surface area contributed by atoms with E-state index in [4.69, 9.17) is 0 Å². The summed E-state index contributed by atoms with van der Waals surface area (Å²) < 4.78 is 0. The average Bonchev–Trinajstić information content (AvgIpc) is 2.62. The normalized spacial score (nSPS) is 26.4. The van der Waals surface area contributed by atoms with Crippen molar-refractivity contribution in [1.82, 2.24) is 9.80 Å². The summed E-state index contributed by atoms with van der Waals surface area (Å²) >= 11 is 0. The maximum absolute atomic E-state index is 11.9. The zero-order valence-corrected chi connectivity index (χ0v) is 14.3. The van der Waals surface area contributed by atoms with Crippen molar-refractivity contribution in [1.29, 1.82) is 0 Å². The number of carboxylic acid groups (broad SMARTS) is 1. The van der Waals surface area contributed by atoms with Crippen molar-refractivity contribution >= 4 is 6.09 Å². The third kappa shape index (κ3) is 3.40. The van der Waals surface area contributed by atoms with Crippen molar-refractivity contribution in [3.8, 4) is 0 Å².